The fraction of sp³-hybridized carbons (Fsp3) is 0.500. The van der Waals surface area contributed by atoms with Crippen LogP contribution in [0.15, 0.2) is 23.1 Å². The molecule has 19 heavy (non-hydrogen) atoms. The van der Waals surface area contributed by atoms with Crippen molar-refractivity contribution < 1.29 is 4.79 Å². The Morgan fingerprint density at radius 1 is 1.47 bits per heavy atom. The zero-order valence-electron chi connectivity index (χ0n) is 11.4. The zero-order valence-corrected chi connectivity index (χ0v) is 13.0. The van der Waals surface area contributed by atoms with Crippen LogP contribution in [0.2, 0.25) is 5.02 Å². The van der Waals surface area contributed by atoms with E-state index in [4.69, 9.17) is 17.3 Å². The molecule has 1 amide bonds. The number of nitrogen functional groups attached to an aromatic ring is 1. The normalized spacial score (nSPS) is 12.2. The van der Waals surface area contributed by atoms with Crippen molar-refractivity contribution >= 4 is 35.0 Å². The van der Waals surface area contributed by atoms with Crippen LogP contribution in [0.1, 0.15) is 33.1 Å². The summed E-state index contributed by atoms with van der Waals surface area (Å²) in [6.07, 6.45) is 3.33. The molecule has 5 heteroatoms. The number of unbranched alkanes of at least 4 members (excludes halogenated alkanes) is 2. The quantitative estimate of drug-likeness (QED) is 0.458. The number of thioether (sulfide) groups is 1. The van der Waals surface area contributed by atoms with Crippen molar-refractivity contribution in [2.75, 3.05) is 12.3 Å². The van der Waals surface area contributed by atoms with Crippen LogP contribution in [-0.4, -0.2) is 17.7 Å². The molecule has 1 unspecified atom stereocenters. The van der Waals surface area contributed by atoms with E-state index >= 15 is 0 Å². The second-order valence-electron chi connectivity index (χ2n) is 4.44. The Kier molecular flexibility index (Phi) is 7.10. The summed E-state index contributed by atoms with van der Waals surface area (Å²) >= 11 is 7.30. The summed E-state index contributed by atoms with van der Waals surface area (Å²) in [6.45, 7) is 4.77. The molecule has 0 spiro atoms. The Morgan fingerprint density at radius 3 is 2.84 bits per heavy atom. The molecule has 1 aromatic rings. The third-order valence-corrected chi connectivity index (χ3v) is 4.15. The van der Waals surface area contributed by atoms with E-state index in [1.807, 2.05) is 13.0 Å². The third kappa shape index (κ3) is 5.74. The van der Waals surface area contributed by atoms with E-state index in [-0.39, 0.29) is 11.2 Å². The number of nitrogens with one attached hydrogen (secondary N) is 1. The van der Waals surface area contributed by atoms with Gasteiger partial charge in [-0.1, -0.05) is 31.4 Å². The topological polar surface area (TPSA) is 55.1 Å². The van der Waals surface area contributed by atoms with E-state index in [1.54, 1.807) is 12.1 Å². The average Bonchev–Trinajstić information content (AvgIpc) is 2.37. The molecule has 0 saturated heterocycles. The molecule has 3 nitrogen and oxygen atoms in total. The van der Waals surface area contributed by atoms with Gasteiger partial charge in [-0.2, -0.15) is 0 Å². The van der Waals surface area contributed by atoms with E-state index in [0.29, 0.717) is 10.7 Å². The number of halogens is 1. The van der Waals surface area contributed by atoms with Crippen LogP contribution in [0.25, 0.3) is 0 Å². The minimum atomic E-state index is -0.162. The monoisotopic (exact) mass is 300 g/mol. The largest absolute Gasteiger partial charge is 0.398 e. The molecule has 0 heterocycles. The molecular formula is C14H21ClN2OS. The van der Waals surface area contributed by atoms with E-state index in [2.05, 4.69) is 12.2 Å². The van der Waals surface area contributed by atoms with E-state index < -0.39 is 0 Å². The molecule has 0 bridgehead atoms. The van der Waals surface area contributed by atoms with Gasteiger partial charge in [0.05, 0.1) is 5.25 Å². The molecule has 1 aromatic carbocycles. The van der Waals surface area contributed by atoms with Gasteiger partial charge in [0.1, 0.15) is 0 Å². The van der Waals surface area contributed by atoms with Gasteiger partial charge in [-0.05, 0) is 31.5 Å². The molecule has 0 aromatic heterocycles. The van der Waals surface area contributed by atoms with Crippen molar-refractivity contribution in [2.24, 2.45) is 0 Å². The third-order valence-electron chi connectivity index (χ3n) is 2.72. The zero-order chi connectivity index (χ0) is 14.3. The number of rotatable bonds is 7. The fourth-order valence-corrected chi connectivity index (χ4v) is 2.69. The van der Waals surface area contributed by atoms with Crippen molar-refractivity contribution in [1.29, 1.82) is 0 Å². The van der Waals surface area contributed by atoms with Gasteiger partial charge >= 0.3 is 0 Å². The highest BCUT2D eigenvalue weighted by Crippen LogP contribution is 2.30. The first-order chi connectivity index (χ1) is 9.04. The van der Waals surface area contributed by atoms with Crippen LogP contribution in [-0.2, 0) is 4.79 Å². The maximum atomic E-state index is 11.9. The van der Waals surface area contributed by atoms with Gasteiger partial charge in [-0.15, -0.1) is 11.8 Å². The first-order valence-electron chi connectivity index (χ1n) is 6.54. The SMILES string of the molecule is CCCCCNC(=O)C(C)Sc1ccc(Cl)cc1N. The Bertz CT molecular complexity index is 426. The van der Waals surface area contributed by atoms with Crippen molar-refractivity contribution in [1.82, 2.24) is 5.32 Å². The van der Waals surface area contributed by atoms with Gasteiger partial charge in [0.25, 0.3) is 0 Å². The number of carbonyl (C=O) groups excluding carboxylic acids is 1. The second kappa shape index (κ2) is 8.33. The first kappa shape index (κ1) is 16.2. The van der Waals surface area contributed by atoms with Gasteiger partial charge in [-0.25, -0.2) is 0 Å². The first-order valence-corrected chi connectivity index (χ1v) is 7.79. The van der Waals surface area contributed by atoms with Crippen LogP contribution in [0, 0.1) is 0 Å². The number of anilines is 1. The minimum absolute atomic E-state index is 0.0513. The van der Waals surface area contributed by atoms with Crippen LogP contribution >= 0.6 is 23.4 Å². The van der Waals surface area contributed by atoms with E-state index in [0.717, 1.165) is 30.7 Å². The molecule has 3 N–H and O–H groups in total. The average molecular weight is 301 g/mol. The predicted molar refractivity (Wildman–Crippen MR) is 83.7 cm³/mol. The van der Waals surface area contributed by atoms with Crippen molar-refractivity contribution in [2.45, 2.75) is 43.3 Å². The highest BCUT2D eigenvalue weighted by molar-refractivity contribution is 8.00. The molecule has 1 atom stereocenters. The number of carbonyl (C=O) groups is 1. The predicted octanol–water partition coefficient (Wildman–Crippen LogP) is 3.71. The summed E-state index contributed by atoms with van der Waals surface area (Å²) < 4.78 is 0. The van der Waals surface area contributed by atoms with Gasteiger partial charge < -0.3 is 11.1 Å². The van der Waals surface area contributed by atoms with Crippen LogP contribution in [0.4, 0.5) is 5.69 Å². The maximum Gasteiger partial charge on any atom is 0.233 e. The molecule has 0 aliphatic heterocycles. The summed E-state index contributed by atoms with van der Waals surface area (Å²) in [4.78, 5) is 12.8. The number of benzene rings is 1. The lowest BCUT2D eigenvalue weighted by molar-refractivity contribution is -0.120. The van der Waals surface area contributed by atoms with Crippen LogP contribution in [0.5, 0.6) is 0 Å². The number of amides is 1. The number of hydrogen-bond acceptors (Lipinski definition) is 3. The molecule has 0 fully saturated rings. The van der Waals surface area contributed by atoms with Crippen LogP contribution in [0.3, 0.4) is 0 Å². The number of hydrogen-bond donors (Lipinski definition) is 2. The molecule has 1 rings (SSSR count). The minimum Gasteiger partial charge on any atom is -0.398 e. The molecule has 0 aliphatic rings. The lowest BCUT2D eigenvalue weighted by Crippen LogP contribution is -2.31. The lowest BCUT2D eigenvalue weighted by atomic mass is 10.2. The maximum absolute atomic E-state index is 11.9. The second-order valence-corrected chi connectivity index (χ2v) is 6.26. The van der Waals surface area contributed by atoms with Crippen molar-refractivity contribution in [3.05, 3.63) is 23.2 Å². The standard InChI is InChI=1S/C14H21ClN2OS/c1-3-4-5-8-17-14(18)10(2)19-13-7-6-11(15)9-12(13)16/h6-7,9-10H,3-5,8,16H2,1-2H3,(H,17,18). The highest BCUT2D eigenvalue weighted by Gasteiger charge is 2.15. The highest BCUT2D eigenvalue weighted by atomic mass is 35.5. The molecular weight excluding hydrogens is 280 g/mol. The van der Waals surface area contributed by atoms with Gasteiger partial charge in [-0.3, -0.25) is 4.79 Å². The van der Waals surface area contributed by atoms with E-state index in [1.165, 1.54) is 11.8 Å². The van der Waals surface area contributed by atoms with Gasteiger partial charge in [0.15, 0.2) is 0 Å². The Morgan fingerprint density at radius 2 is 2.21 bits per heavy atom. The Labute approximate surface area is 124 Å². The molecule has 0 saturated carbocycles. The van der Waals surface area contributed by atoms with Crippen molar-refractivity contribution in [3.8, 4) is 0 Å². The summed E-state index contributed by atoms with van der Waals surface area (Å²) in [7, 11) is 0. The summed E-state index contributed by atoms with van der Waals surface area (Å²) in [5, 5.41) is 3.39. The molecule has 0 radical (unpaired) electrons. The van der Waals surface area contributed by atoms with Gasteiger partial charge in [0.2, 0.25) is 5.91 Å². The van der Waals surface area contributed by atoms with Crippen LogP contribution < -0.4 is 11.1 Å². The Balaban J connectivity index is 2.45. The van der Waals surface area contributed by atoms with E-state index in [9.17, 15) is 4.79 Å². The Hall–Kier alpha value is -0.870. The van der Waals surface area contributed by atoms with Gasteiger partial charge in [0, 0.05) is 22.2 Å². The number of nitrogens with two attached hydrogens (primary N) is 1. The summed E-state index contributed by atoms with van der Waals surface area (Å²) in [5.74, 6) is 0.0513. The van der Waals surface area contributed by atoms with Crippen molar-refractivity contribution in [3.63, 3.8) is 0 Å². The smallest absolute Gasteiger partial charge is 0.233 e. The fourth-order valence-electron chi connectivity index (χ4n) is 1.60. The molecule has 106 valence electrons. The lowest BCUT2D eigenvalue weighted by Gasteiger charge is -2.13. The molecule has 0 aliphatic carbocycles. The summed E-state index contributed by atoms with van der Waals surface area (Å²) in [5.41, 5.74) is 6.49. The summed E-state index contributed by atoms with van der Waals surface area (Å²) in [6, 6.07) is 5.34.